The maximum Gasteiger partial charge on any atom is 0.321 e. The normalized spacial score (nSPS) is 56.0. The Kier molecular flexibility index (Phi) is 3.36. The third-order valence-corrected chi connectivity index (χ3v) is 8.25. The summed E-state index contributed by atoms with van der Waals surface area (Å²) in [6.45, 7) is 4.05. The summed E-state index contributed by atoms with van der Waals surface area (Å²) in [7, 11) is 0. The highest BCUT2D eigenvalue weighted by molar-refractivity contribution is 5.96. The minimum atomic E-state index is -0.954. The lowest BCUT2D eigenvalue weighted by atomic mass is 9.50. The van der Waals surface area contributed by atoms with Gasteiger partial charge in [-0.1, -0.05) is 6.92 Å². The van der Waals surface area contributed by atoms with E-state index in [2.05, 4.69) is 6.92 Å². The van der Waals surface area contributed by atoms with Crippen LogP contribution in [-0.2, 0) is 19.1 Å². The minimum Gasteiger partial charge on any atom is -0.459 e. The highest BCUT2D eigenvalue weighted by atomic mass is 16.6. The summed E-state index contributed by atoms with van der Waals surface area (Å²) in [6, 6.07) is 0. The number of carbonyl (C=O) groups excluding carboxylic acids is 2. The number of aliphatic hydroxyl groups is 1. The van der Waals surface area contributed by atoms with Gasteiger partial charge < -0.3 is 14.6 Å². The Morgan fingerprint density at radius 2 is 1.72 bits per heavy atom. The van der Waals surface area contributed by atoms with Crippen LogP contribution in [0.2, 0.25) is 0 Å². The van der Waals surface area contributed by atoms with Crippen molar-refractivity contribution in [2.24, 2.45) is 41.4 Å². The molecule has 5 saturated carbocycles. The van der Waals surface area contributed by atoms with Gasteiger partial charge in [-0.05, 0) is 75.0 Å². The van der Waals surface area contributed by atoms with Gasteiger partial charge in [-0.2, -0.15) is 0 Å². The van der Waals surface area contributed by atoms with E-state index in [4.69, 9.17) is 9.47 Å². The average molecular weight is 348 g/mol. The van der Waals surface area contributed by atoms with Gasteiger partial charge in [-0.3, -0.25) is 9.59 Å². The molecule has 0 aromatic rings. The molecule has 1 aliphatic heterocycles. The van der Waals surface area contributed by atoms with E-state index < -0.39 is 35.7 Å². The summed E-state index contributed by atoms with van der Waals surface area (Å²) in [5.74, 6) is 0.274. The molecule has 1 saturated heterocycles. The molecule has 6 bridgehead atoms. The molecule has 5 atom stereocenters. The van der Waals surface area contributed by atoms with E-state index in [0.29, 0.717) is 18.3 Å². The maximum atomic E-state index is 13.0. The molecule has 5 nitrogen and oxygen atoms in total. The quantitative estimate of drug-likeness (QED) is 0.612. The Hall–Kier alpha value is -1.10. The van der Waals surface area contributed by atoms with Crippen LogP contribution >= 0.6 is 0 Å². The summed E-state index contributed by atoms with van der Waals surface area (Å²) < 4.78 is 11.5. The summed E-state index contributed by atoms with van der Waals surface area (Å²) >= 11 is 0. The van der Waals surface area contributed by atoms with Crippen molar-refractivity contribution in [3.63, 3.8) is 0 Å². The molecule has 5 unspecified atom stereocenters. The van der Waals surface area contributed by atoms with Crippen LogP contribution in [0.4, 0.5) is 0 Å². The van der Waals surface area contributed by atoms with Crippen molar-refractivity contribution >= 4 is 11.9 Å². The van der Waals surface area contributed by atoms with E-state index in [1.54, 1.807) is 0 Å². The van der Waals surface area contributed by atoms with E-state index in [0.717, 1.165) is 37.5 Å². The zero-order valence-corrected chi connectivity index (χ0v) is 15.0. The van der Waals surface area contributed by atoms with Gasteiger partial charge in [-0.15, -0.1) is 0 Å². The molecule has 5 heteroatoms. The van der Waals surface area contributed by atoms with Crippen molar-refractivity contribution in [3.05, 3.63) is 0 Å². The second-order valence-corrected chi connectivity index (χ2v) is 9.66. The van der Waals surface area contributed by atoms with Crippen molar-refractivity contribution in [2.75, 3.05) is 0 Å². The third kappa shape index (κ3) is 2.17. The van der Waals surface area contributed by atoms with Crippen molar-refractivity contribution in [2.45, 2.75) is 70.2 Å². The fourth-order valence-electron chi connectivity index (χ4n) is 7.02. The molecule has 0 radical (unpaired) electrons. The topological polar surface area (TPSA) is 72.8 Å². The van der Waals surface area contributed by atoms with Gasteiger partial charge in [0, 0.05) is 5.92 Å². The van der Waals surface area contributed by atoms with E-state index in [-0.39, 0.29) is 11.8 Å². The fourth-order valence-corrected chi connectivity index (χ4v) is 7.02. The number of hydrogen-bond donors (Lipinski definition) is 1. The lowest BCUT2D eigenvalue weighted by Gasteiger charge is -2.59. The molecule has 1 heterocycles. The second kappa shape index (κ2) is 5.21. The van der Waals surface area contributed by atoms with E-state index in [1.165, 1.54) is 6.42 Å². The Labute approximate surface area is 148 Å². The molecule has 5 aliphatic carbocycles. The Bertz CT molecular complexity index is 585. The molecule has 1 N–H and O–H groups in total. The van der Waals surface area contributed by atoms with Crippen LogP contribution < -0.4 is 0 Å². The van der Waals surface area contributed by atoms with Crippen LogP contribution in [0, 0.1) is 41.4 Å². The highest BCUT2D eigenvalue weighted by Gasteiger charge is 2.60. The zero-order valence-electron chi connectivity index (χ0n) is 15.0. The van der Waals surface area contributed by atoms with Crippen LogP contribution in [0.1, 0.15) is 52.4 Å². The maximum absolute atomic E-state index is 13.0. The molecule has 6 rings (SSSR count). The first-order valence-electron chi connectivity index (χ1n) is 9.98. The van der Waals surface area contributed by atoms with Gasteiger partial charge in [0.2, 0.25) is 0 Å². The molecular weight excluding hydrogens is 320 g/mol. The summed E-state index contributed by atoms with van der Waals surface area (Å²) in [6.07, 6.45) is 5.39. The van der Waals surface area contributed by atoms with Gasteiger partial charge in [0.25, 0.3) is 0 Å². The lowest BCUT2D eigenvalue weighted by molar-refractivity contribution is -0.215. The standard InChI is InChI=1S/C20H28O5/c1-9-3-14-15(18(22)24-17(9)16(14)21)19(23)25-20(2)12-5-10-4-11(7-12)8-13(20)6-10/h9-17,21H,3-8H2,1-2H3. The largest absolute Gasteiger partial charge is 0.459 e. The fraction of sp³-hybridized carbons (Fsp3) is 0.900. The van der Waals surface area contributed by atoms with E-state index in [9.17, 15) is 14.7 Å². The van der Waals surface area contributed by atoms with Crippen molar-refractivity contribution in [1.29, 1.82) is 0 Å². The summed E-state index contributed by atoms with van der Waals surface area (Å²) in [5, 5.41) is 10.4. The molecule has 0 amide bonds. The number of aliphatic hydroxyl groups excluding tert-OH is 1. The third-order valence-electron chi connectivity index (χ3n) is 8.25. The SMILES string of the molecule is CC1CC2C(C(=O)OC3(C)C4CC5CC(C4)CC3C5)C(=O)OC1C2O. The summed E-state index contributed by atoms with van der Waals surface area (Å²) in [5.41, 5.74) is -0.448. The number of hydrogen-bond acceptors (Lipinski definition) is 5. The van der Waals surface area contributed by atoms with E-state index in [1.807, 2.05) is 6.92 Å². The van der Waals surface area contributed by atoms with Crippen LogP contribution in [0.3, 0.4) is 0 Å². The molecule has 25 heavy (non-hydrogen) atoms. The number of rotatable bonds is 2. The molecular formula is C20H28O5. The molecule has 0 spiro atoms. The minimum absolute atomic E-state index is 0.0958. The van der Waals surface area contributed by atoms with Gasteiger partial charge >= 0.3 is 11.9 Å². The predicted octanol–water partition coefficient (Wildman–Crippen LogP) is 2.30. The molecule has 138 valence electrons. The van der Waals surface area contributed by atoms with Crippen LogP contribution in [-0.4, -0.2) is 34.9 Å². The number of ether oxygens (including phenoxy) is 2. The van der Waals surface area contributed by atoms with Gasteiger partial charge in [-0.25, -0.2) is 0 Å². The average Bonchev–Trinajstić information content (AvgIpc) is 2.73. The molecule has 6 aliphatic rings. The first kappa shape index (κ1) is 16.1. The first-order valence-corrected chi connectivity index (χ1v) is 9.98. The number of carbonyl (C=O) groups is 2. The zero-order chi connectivity index (χ0) is 17.5. The molecule has 6 fully saturated rings. The lowest BCUT2D eigenvalue weighted by Crippen LogP contribution is -2.59. The van der Waals surface area contributed by atoms with Gasteiger partial charge in [0.1, 0.15) is 11.7 Å². The van der Waals surface area contributed by atoms with Gasteiger partial charge in [0.15, 0.2) is 5.92 Å². The van der Waals surface area contributed by atoms with Crippen molar-refractivity contribution < 1.29 is 24.2 Å². The van der Waals surface area contributed by atoms with Crippen LogP contribution in [0.15, 0.2) is 0 Å². The first-order chi connectivity index (χ1) is 11.9. The summed E-state index contributed by atoms with van der Waals surface area (Å²) in [4.78, 5) is 25.4. The predicted molar refractivity (Wildman–Crippen MR) is 88.2 cm³/mol. The Balaban J connectivity index is 1.37. The van der Waals surface area contributed by atoms with Crippen molar-refractivity contribution in [1.82, 2.24) is 0 Å². The Morgan fingerprint density at radius 1 is 1.12 bits per heavy atom. The number of esters is 2. The number of fused-ring (bicyclic) bond motifs is 2. The molecule has 0 aromatic carbocycles. The van der Waals surface area contributed by atoms with E-state index >= 15 is 0 Å². The van der Waals surface area contributed by atoms with Crippen LogP contribution in [0.5, 0.6) is 0 Å². The van der Waals surface area contributed by atoms with Crippen LogP contribution in [0.25, 0.3) is 0 Å². The van der Waals surface area contributed by atoms with Gasteiger partial charge in [0.05, 0.1) is 6.10 Å². The Morgan fingerprint density at radius 3 is 2.32 bits per heavy atom. The highest BCUT2D eigenvalue weighted by Crippen LogP contribution is 2.59. The second-order valence-electron chi connectivity index (χ2n) is 9.66. The smallest absolute Gasteiger partial charge is 0.321 e. The monoisotopic (exact) mass is 348 g/mol. The molecule has 0 aromatic heterocycles. The van der Waals surface area contributed by atoms with Crippen molar-refractivity contribution in [3.8, 4) is 0 Å².